The molecule has 0 unspecified atom stereocenters. The van der Waals surface area contributed by atoms with Gasteiger partial charge in [-0.2, -0.15) is 9.36 Å². The van der Waals surface area contributed by atoms with E-state index in [1.165, 1.54) is 43.9 Å². The van der Waals surface area contributed by atoms with Crippen molar-refractivity contribution in [3.8, 4) is 11.4 Å². The van der Waals surface area contributed by atoms with Gasteiger partial charge in [-0.3, -0.25) is 0 Å². The Morgan fingerprint density at radius 3 is 2.70 bits per heavy atom. The average molecular weight is 288 g/mol. The predicted octanol–water partition coefficient (Wildman–Crippen LogP) is 3.10. The molecule has 0 amide bonds. The maximum absolute atomic E-state index is 4.54. The van der Waals surface area contributed by atoms with Gasteiger partial charge in [-0.1, -0.05) is 36.8 Å². The van der Waals surface area contributed by atoms with Crippen molar-refractivity contribution in [1.29, 1.82) is 0 Å². The number of likely N-dealkylation sites (tertiary alicyclic amines) is 1. The molecule has 1 aromatic carbocycles. The van der Waals surface area contributed by atoms with Crippen molar-refractivity contribution in [2.45, 2.75) is 19.3 Å². The zero-order chi connectivity index (χ0) is 13.6. The van der Waals surface area contributed by atoms with Crippen LogP contribution in [0.15, 0.2) is 30.3 Å². The lowest BCUT2D eigenvalue weighted by atomic mass is 10.1. The highest BCUT2D eigenvalue weighted by Gasteiger charge is 2.10. The van der Waals surface area contributed by atoms with Crippen LogP contribution in [0.3, 0.4) is 0 Å². The fourth-order valence-electron chi connectivity index (χ4n) is 2.50. The molecule has 0 bridgehead atoms. The monoisotopic (exact) mass is 288 g/mol. The second kappa shape index (κ2) is 6.81. The molecule has 1 fully saturated rings. The van der Waals surface area contributed by atoms with Crippen molar-refractivity contribution in [2.24, 2.45) is 0 Å². The van der Waals surface area contributed by atoms with Crippen LogP contribution in [0.2, 0.25) is 0 Å². The van der Waals surface area contributed by atoms with Gasteiger partial charge in [-0.25, -0.2) is 0 Å². The van der Waals surface area contributed by atoms with E-state index in [1.54, 1.807) is 0 Å². The van der Waals surface area contributed by atoms with Gasteiger partial charge in [0.25, 0.3) is 0 Å². The summed E-state index contributed by atoms with van der Waals surface area (Å²) in [6.45, 7) is 4.53. The summed E-state index contributed by atoms with van der Waals surface area (Å²) >= 11 is 1.44. The molecule has 0 spiro atoms. The van der Waals surface area contributed by atoms with E-state index in [9.17, 15) is 0 Å². The highest BCUT2D eigenvalue weighted by Crippen LogP contribution is 2.20. The molecule has 0 radical (unpaired) electrons. The third-order valence-corrected chi connectivity index (χ3v) is 4.28. The summed E-state index contributed by atoms with van der Waals surface area (Å²) in [5, 5.41) is 4.30. The highest BCUT2D eigenvalue weighted by atomic mass is 32.1. The number of nitrogens with one attached hydrogen (secondary N) is 1. The van der Waals surface area contributed by atoms with Crippen molar-refractivity contribution in [3.05, 3.63) is 30.3 Å². The summed E-state index contributed by atoms with van der Waals surface area (Å²) in [5.74, 6) is 0.816. The van der Waals surface area contributed by atoms with Gasteiger partial charge in [-0.15, -0.1) is 0 Å². The van der Waals surface area contributed by atoms with Crippen LogP contribution in [-0.2, 0) is 0 Å². The van der Waals surface area contributed by atoms with E-state index in [2.05, 4.69) is 19.6 Å². The fourth-order valence-corrected chi connectivity index (χ4v) is 3.12. The Balaban J connectivity index is 1.50. The van der Waals surface area contributed by atoms with Crippen LogP contribution in [0.5, 0.6) is 0 Å². The minimum Gasteiger partial charge on any atom is -0.359 e. The smallest absolute Gasteiger partial charge is 0.202 e. The molecule has 0 aliphatic carbocycles. The Hall–Kier alpha value is -1.46. The van der Waals surface area contributed by atoms with E-state index in [-0.39, 0.29) is 0 Å². The van der Waals surface area contributed by atoms with Gasteiger partial charge in [0.1, 0.15) is 0 Å². The van der Waals surface area contributed by atoms with E-state index in [1.807, 2.05) is 30.3 Å². The molecule has 1 N–H and O–H groups in total. The normalized spacial score (nSPS) is 16.2. The molecular formula is C15H20N4S. The summed E-state index contributed by atoms with van der Waals surface area (Å²) in [6, 6.07) is 10.1. The van der Waals surface area contributed by atoms with Gasteiger partial charge in [0.2, 0.25) is 5.13 Å². The molecule has 3 rings (SSSR count). The van der Waals surface area contributed by atoms with Gasteiger partial charge in [-0.05, 0) is 25.9 Å². The minimum absolute atomic E-state index is 0.816. The average Bonchev–Trinajstić information content (AvgIpc) is 2.98. The zero-order valence-corrected chi connectivity index (χ0v) is 12.4. The van der Waals surface area contributed by atoms with Gasteiger partial charge < -0.3 is 10.2 Å². The Bertz CT molecular complexity index is 520. The van der Waals surface area contributed by atoms with Crippen molar-refractivity contribution in [2.75, 3.05) is 31.5 Å². The first-order valence-corrected chi connectivity index (χ1v) is 8.04. The number of hydrogen-bond donors (Lipinski definition) is 1. The second-order valence-electron chi connectivity index (χ2n) is 5.12. The van der Waals surface area contributed by atoms with Crippen LogP contribution < -0.4 is 5.32 Å². The van der Waals surface area contributed by atoms with Gasteiger partial charge in [0.15, 0.2) is 5.82 Å². The van der Waals surface area contributed by atoms with E-state index in [0.29, 0.717) is 0 Å². The van der Waals surface area contributed by atoms with Crippen molar-refractivity contribution in [1.82, 2.24) is 14.3 Å². The molecular weight excluding hydrogens is 268 g/mol. The molecule has 0 saturated carbocycles. The molecule has 0 atom stereocenters. The Morgan fingerprint density at radius 2 is 1.90 bits per heavy atom. The van der Waals surface area contributed by atoms with E-state index in [0.717, 1.165) is 29.6 Å². The molecule has 106 valence electrons. The number of rotatable bonds is 5. The lowest BCUT2D eigenvalue weighted by Crippen LogP contribution is -2.33. The minimum atomic E-state index is 0.816. The molecule has 20 heavy (non-hydrogen) atoms. The van der Waals surface area contributed by atoms with Crippen LogP contribution in [0.25, 0.3) is 11.4 Å². The third-order valence-electron chi connectivity index (χ3n) is 3.61. The van der Waals surface area contributed by atoms with E-state index in [4.69, 9.17) is 0 Å². The summed E-state index contributed by atoms with van der Waals surface area (Å²) in [7, 11) is 0. The zero-order valence-electron chi connectivity index (χ0n) is 11.6. The molecule has 4 nitrogen and oxygen atoms in total. The van der Waals surface area contributed by atoms with Crippen LogP contribution in [-0.4, -0.2) is 40.4 Å². The first-order chi connectivity index (χ1) is 9.92. The van der Waals surface area contributed by atoms with Gasteiger partial charge in [0, 0.05) is 30.2 Å². The second-order valence-corrected chi connectivity index (χ2v) is 5.87. The lowest BCUT2D eigenvalue weighted by Gasteiger charge is -2.26. The largest absolute Gasteiger partial charge is 0.359 e. The number of benzene rings is 1. The summed E-state index contributed by atoms with van der Waals surface area (Å²) < 4.78 is 4.41. The maximum Gasteiger partial charge on any atom is 0.202 e. The van der Waals surface area contributed by atoms with Crippen molar-refractivity contribution in [3.63, 3.8) is 0 Å². The topological polar surface area (TPSA) is 41.1 Å². The van der Waals surface area contributed by atoms with Crippen LogP contribution >= 0.6 is 11.5 Å². The van der Waals surface area contributed by atoms with E-state index < -0.39 is 0 Å². The predicted molar refractivity (Wildman–Crippen MR) is 84.1 cm³/mol. The standard InChI is InChI=1S/C15H20N4S/c1-3-7-13(8-4-1)14-17-15(20-18-14)16-9-12-19-10-5-2-6-11-19/h1,3-4,7-8H,2,5-6,9-12H2,(H,16,17,18). The van der Waals surface area contributed by atoms with Crippen LogP contribution in [0.1, 0.15) is 19.3 Å². The Kier molecular flexibility index (Phi) is 4.61. The van der Waals surface area contributed by atoms with Crippen LogP contribution in [0, 0.1) is 0 Å². The van der Waals surface area contributed by atoms with Crippen molar-refractivity contribution >= 4 is 16.7 Å². The molecule has 1 aliphatic heterocycles. The number of nitrogens with zero attached hydrogens (tertiary/aromatic N) is 3. The maximum atomic E-state index is 4.54. The molecule has 1 aromatic heterocycles. The highest BCUT2D eigenvalue weighted by molar-refractivity contribution is 7.09. The number of aromatic nitrogens is 2. The van der Waals surface area contributed by atoms with Gasteiger partial charge in [0.05, 0.1) is 0 Å². The van der Waals surface area contributed by atoms with Gasteiger partial charge >= 0.3 is 0 Å². The Labute approximate surface area is 124 Å². The first kappa shape index (κ1) is 13.5. The molecule has 2 aromatic rings. The number of hydrogen-bond acceptors (Lipinski definition) is 5. The third kappa shape index (κ3) is 3.55. The molecule has 1 saturated heterocycles. The first-order valence-electron chi connectivity index (χ1n) is 7.27. The molecule has 5 heteroatoms. The SMILES string of the molecule is c1ccc(-c2nsc(NCCN3CCCCC3)n2)cc1. The number of piperidine rings is 1. The summed E-state index contributed by atoms with van der Waals surface area (Å²) in [4.78, 5) is 7.06. The Morgan fingerprint density at radius 1 is 1.10 bits per heavy atom. The molecule has 2 heterocycles. The number of anilines is 1. The van der Waals surface area contributed by atoms with Crippen LogP contribution in [0.4, 0.5) is 5.13 Å². The fraction of sp³-hybridized carbons (Fsp3) is 0.467. The quantitative estimate of drug-likeness (QED) is 0.918. The summed E-state index contributed by atoms with van der Waals surface area (Å²) in [5.41, 5.74) is 1.08. The van der Waals surface area contributed by atoms with Crippen molar-refractivity contribution < 1.29 is 0 Å². The lowest BCUT2D eigenvalue weighted by molar-refractivity contribution is 0.237. The van der Waals surface area contributed by atoms with E-state index >= 15 is 0 Å². The summed E-state index contributed by atoms with van der Waals surface area (Å²) in [6.07, 6.45) is 4.08. The molecule has 1 aliphatic rings.